The lowest BCUT2D eigenvalue weighted by molar-refractivity contribution is -0.161. The first kappa shape index (κ1) is 100. The number of carbonyl (C=O) groups excluding carboxylic acids is 4. The van der Waals surface area contributed by atoms with Crippen LogP contribution in [0, 0.1) is 23.7 Å². The Morgan fingerprint density at radius 3 is 0.696 bits per heavy atom. The highest BCUT2D eigenvalue weighted by Crippen LogP contribution is 2.45. The molecule has 7 atom stereocenters. The van der Waals surface area contributed by atoms with Gasteiger partial charge in [0.2, 0.25) is 0 Å². The van der Waals surface area contributed by atoms with Crippen molar-refractivity contribution < 1.29 is 80.2 Å². The standard InChI is InChI=1S/C83H162O17P2/c1-9-75(7)61-53-45-37-31-25-19-13-16-22-28-34-40-50-58-65-82(87)99-78(69-93-80(85)63-55-47-38-32-26-20-14-11-17-23-29-35-43-51-59-73(3)4)71-97-101(89,90)95-67-77(84)68-96-102(91,92)98-72-79(70-94-81(86)64-56-48-42-41-46-54-62-76(8)10-2)100-83(88)66-57-49-39-33-27-21-15-12-18-24-30-36-44-52-60-74(5)6/h73-79,84H,9-72H2,1-8H3,(H,89,90)(H,91,92)/t75?,76?,77-,78-,79-/m1/s1. The van der Waals surface area contributed by atoms with Crippen LogP contribution >= 0.6 is 15.6 Å². The van der Waals surface area contributed by atoms with Crippen molar-refractivity contribution >= 4 is 39.5 Å². The smallest absolute Gasteiger partial charge is 0.462 e. The van der Waals surface area contributed by atoms with Crippen molar-refractivity contribution in [3.8, 4) is 0 Å². The van der Waals surface area contributed by atoms with Gasteiger partial charge in [-0.1, -0.05) is 376 Å². The molecule has 4 unspecified atom stereocenters. The minimum absolute atomic E-state index is 0.106. The van der Waals surface area contributed by atoms with Crippen molar-refractivity contribution in [2.75, 3.05) is 39.6 Å². The Kier molecular flexibility index (Phi) is 70.6. The molecule has 0 spiro atoms. The number of carbonyl (C=O) groups is 4. The third-order valence-corrected chi connectivity index (χ3v) is 21.9. The predicted molar refractivity (Wildman–Crippen MR) is 418 cm³/mol. The number of phosphoric ester groups is 2. The fourth-order valence-corrected chi connectivity index (χ4v) is 14.3. The molecule has 0 saturated heterocycles. The maximum atomic E-state index is 13.1. The molecular weight excluding hydrogens is 1330 g/mol. The van der Waals surface area contributed by atoms with Crippen LogP contribution in [0.2, 0.25) is 0 Å². The highest BCUT2D eigenvalue weighted by atomic mass is 31.2. The van der Waals surface area contributed by atoms with Gasteiger partial charge in [0.05, 0.1) is 26.4 Å². The minimum Gasteiger partial charge on any atom is -0.462 e. The molecule has 102 heavy (non-hydrogen) atoms. The SMILES string of the molecule is CCC(C)CCCCCCCCCCCCCCCCC(=O)O[C@H](COC(=O)CCCCCCCCCCCCCCCCC(C)C)COP(=O)(O)OC[C@@H](O)COP(=O)(O)OC[C@@H](COC(=O)CCCCCCCCC(C)CC)OC(=O)CCCCCCCCCCCCCCCCC(C)C. The average molecular weight is 1490 g/mol. The van der Waals surface area contributed by atoms with Crippen LogP contribution in [-0.2, 0) is 65.4 Å². The number of hydrogen-bond acceptors (Lipinski definition) is 15. The Morgan fingerprint density at radius 1 is 0.275 bits per heavy atom. The third kappa shape index (κ3) is 73.6. The van der Waals surface area contributed by atoms with Crippen molar-refractivity contribution in [3.63, 3.8) is 0 Å². The van der Waals surface area contributed by atoms with Crippen molar-refractivity contribution in [2.45, 2.75) is 446 Å². The van der Waals surface area contributed by atoms with Crippen LogP contribution in [-0.4, -0.2) is 96.7 Å². The van der Waals surface area contributed by atoms with Crippen LogP contribution in [0.5, 0.6) is 0 Å². The molecule has 3 N–H and O–H groups in total. The first-order valence-corrected chi connectivity index (χ1v) is 45.8. The summed E-state index contributed by atoms with van der Waals surface area (Å²) >= 11 is 0. The Bertz CT molecular complexity index is 1990. The van der Waals surface area contributed by atoms with Gasteiger partial charge in [-0.15, -0.1) is 0 Å². The molecule has 0 aliphatic carbocycles. The second kappa shape index (κ2) is 72.0. The quantitative estimate of drug-likeness (QED) is 0.0222. The highest BCUT2D eigenvalue weighted by molar-refractivity contribution is 7.47. The molecule has 0 rings (SSSR count). The highest BCUT2D eigenvalue weighted by Gasteiger charge is 2.30. The zero-order chi connectivity index (χ0) is 75.3. The summed E-state index contributed by atoms with van der Waals surface area (Å²) in [6.07, 6.45) is 59.6. The van der Waals surface area contributed by atoms with Crippen molar-refractivity contribution in [1.29, 1.82) is 0 Å². The van der Waals surface area contributed by atoms with E-state index in [1.807, 2.05) is 0 Å². The molecule has 0 aliphatic rings. The number of aliphatic hydroxyl groups is 1. The normalized spacial score (nSPS) is 14.5. The van der Waals surface area contributed by atoms with E-state index in [1.165, 1.54) is 225 Å². The monoisotopic (exact) mass is 1490 g/mol. The van der Waals surface area contributed by atoms with E-state index in [9.17, 15) is 43.2 Å². The first-order chi connectivity index (χ1) is 49.2. The van der Waals surface area contributed by atoms with Crippen LogP contribution in [0.4, 0.5) is 0 Å². The van der Waals surface area contributed by atoms with E-state index < -0.39 is 97.5 Å². The Hall–Kier alpha value is -1.94. The molecule has 0 aromatic heterocycles. The molecule has 19 heteroatoms. The Morgan fingerprint density at radius 2 is 0.471 bits per heavy atom. The Labute approximate surface area is 626 Å². The molecular formula is C83H162O17P2. The number of hydrogen-bond donors (Lipinski definition) is 3. The van der Waals surface area contributed by atoms with E-state index in [-0.39, 0.29) is 25.7 Å². The topological polar surface area (TPSA) is 237 Å². The number of unbranched alkanes of at least 4 members (excludes halogenated alkanes) is 44. The summed E-state index contributed by atoms with van der Waals surface area (Å²) < 4.78 is 68.8. The number of phosphoric acid groups is 2. The molecule has 0 radical (unpaired) electrons. The lowest BCUT2D eigenvalue weighted by Crippen LogP contribution is -2.30. The van der Waals surface area contributed by atoms with Gasteiger partial charge >= 0.3 is 39.5 Å². The van der Waals surface area contributed by atoms with Gasteiger partial charge in [-0.25, -0.2) is 9.13 Å². The third-order valence-electron chi connectivity index (χ3n) is 20.0. The molecule has 0 aliphatic heterocycles. The van der Waals surface area contributed by atoms with Crippen LogP contribution in [0.1, 0.15) is 428 Å². The van der Waals surface area contributed by atoms with Crippen LogP contribution < -0.4 is 0 Å². The lowest BCUT2D eigenvalue weighted by atomic mass is 9.99. The van der Waals surface area contributed by atoms with Crippen LogP contribution in [0.15, 0.2) is 0 Å². The molecule has 0 aromatic rings. The van der Waals surface area contributed by atoms with Crippen molar-refractivity contribution in [2.24, 2.45) is 23.7 Å². The molecule has 17 nitrogen and oxygen atoms in total. The minimum atomic E-state index is -4.96. The summed E-state index contributed by atoms with van der Waals surface area (Å²) in [5.74, 6) is 1.06. The van der Waals surface area contributed by atoms with E-state index in [1.54, 1.807) is 0 Å². The first-order valence-electron chi connectivity index (χ1n) is 42.8. The maximum Gasteiger partial charge on any atom is 0.472 e. The molecule has 0 amide bonds. The number of rotatable bonds is 80. The van der Waals surface area contributed by atoms with Gasteiger partial charge < -0.3 is 33.8 Å². The van der Waals surface area contributed by atoms with E-state index in [2.05, 4.69) is 55.4 Å². The largest absolute Gasteiger partial charge is 0.472 e. The van der Waals surface area contributed by atoms with E-state index in [0.717, 1.165) is 120 Å². The number of aliphatic hydroxyl groups excluding tert-OH is 1. The number of esters is 4. The lowest BCUT2D eigenvalue weighted by Gasteiger charge is -2.21. The zero-order valence-corrected chi connectivity index (χ0v) is 69.0. The van der Waals surface area contributed by atoms with Gasteiger partial charge in [-0.2, -0.15) is 0 Å². The predicted octanol–water partition coefficient (Wildman–Crippen LogP) is 24.8. The summed E-state index contributed by atoms with van der Waals surface area (Å²) in [6.45, 7) is 14.3. The molecule has 0 aromatic carbocycles. The summed E-state index contributed by atoms with van der Waals surface area (Å²) in [6, 6.07) is 0. The zero-order valence-electron chi connectivity index (χ0n) is 67.2. The van der Waals surface area contributed by atoms with Crippen molar-refractivity contribution in [1.82, 2.24) is 0 Å². The molecule has 0 bridgehead atoms. The summed E-state index contributed by atoms with van der Waals surface area (Å²) in [5.41, 5.74) is 0. The second-order valence-electron chi connectivity index (χ2n) is 31.3. The van der Waals surface area contributed by atoms with Crippen LogP contribution in [0.25, 0.3) is 0 Å². The van der Waals surface area contributed by atoms with E-state index >= 15 is 0 Å². The van der Waals surface area contributed by atoms with Crippen molar-refractivity contribution in [3.05, 3.63) is 0 Å². The Balaban J connectivity index is 5.25. The van der Waals surface area contributed by atoms with Crippen LogP contribution in [0.3, 0.4) is 0 Å². The number of ether oxygens (including phenoxy) is 4. The summed E-state index contributed by atoms with van der Waals surface area (Å²) in [4.78, 5) is 73.1. The van der Waals surface area contributed by atoms with Gasteiger partial charge in [0.15, 0.2) is 12.2 Å². The molecule has 0 saturated carbocycles. The molecule has 606 valence electrons. The van der Waals surface area contributed by atoms with Gasteiger partial charge in [0.1, 0.15) is 19.3 Å². The fraction of sp³-hybridized carbons (Fsp3) is 0.952. The summed E-state index contributed by atoms with van der Waals surface area (Å²) in [7, 11) is -9.93. The van der Waals surface area contributed by atoms with Gasteiger partial charge in [0.25, 0.3) is 0 Å². The molecule has 0 fully saturated rings. The molecule has 0 heterocycles. The summed E-state index contributed by atoms with van der Waals surface area (Å²) in [5, 5.41) is 10.7. The second-order valence-corrected chi connectivity index (χ2v) is 34.2. The van der Waals surface area contributed by atoms with Gasteiger partial charge in [0, 0.05) is 25.7 Å². The van der Waals surface area contributed by atoms with E-state index in [0.29, 0.717) is 25.7 Å². The maximum absolute atomic E-state index is 13.1. The fourth-order valence-electron chi connectivity index (χ4n) is 12.7. The van der Waals surface area contributed by atoms with E-state index in [4.69, 9.17) is 37.0 Å². The average Bonchev–Trinajstić information content (AvgIpc) is 0.949. The van der Waals surface area contributed by atoms with Gasteiger partial charge in [-0.05, 0) is 49.4 Å². The van der Waals surface area contributed by atoms with Gasteiger partial charge in [-0.3, -0.25) is 37.3 Å².